The van der Waals surface area contributed by atoms with Crippen molar-refractivity contribution < 1.29 is 13.0 Å². The lowest BCUT2D eigenvalue weighted by molar-refractivity contribution is 0.126. The van der Waals surface area contributed by atoms with Crippen molar-refractivity contribution in [2.45, 2.75) is 65.7 Å². The molecule has 126 valence electrons. The Bertz CT molecular complexity index is 316. The van der Waals surface area contributed by atoms with Crippen molar-refractivity contribution in [3.8, 4) is 0 Å². The van der Waals surface area contributed by atoms with Gasteiger partial charge in [0.2, 0.25) is 0 Å². The molecule has 3 nitrogen and oxygen atoms in total. The molecule has 0 aliphatic rings. The fraction of sp³-hybridized carbons (Fsp3) is 0.867. The molecule has 1 unspecified atom stereocenters. The Kier molecular flexibility index (Phi) is 8.32. The number of hydrogen-bond donors (Lipinski definition) is 0. The van der Waals surface area contributed by atoms with Crippen LogP contribution in [0.5, 0.6) is 0 Å². The Hall–Kier alpha value is 0.271. The summed E-state index contributed by atoms with van der Waals surface area (Å²) in [5.74, 6) is 0.453. The molecule has 0 saturated heterocycles. The maximum atomic E-state index is 6.52. The summed E-state index contributed by atoms with van der Waals surface area (Å²) in [7, 11) is -5.35. The lowest BCUT2D eigenvalue weighted by Gasteiger charge is -2.39. The van der Waals surface area contributed by atoms with Gasteiger partial charge in [-0.3, -0.25) is 0 Å². The van der Waals surface area contributed by atoms with Gasteiger partial charge in [-0.15, -0.1) is 0 Å². The fourth-order valence-corrected chi connectivity index (χ4v) is 15.5. The van der Waals surface area contributed by atoms with E-state index in [2.05, 4.69) is 59.3 Å². The zero-order chi connectivity index (χ0) is 16.9. The highest BCUT2D eigenvalue weighted by molar-refractivity contribution is 6.87. The Balaban J connectivity index is 4.70. The lowest BCUT2D eigenvalue weighted by Crippen LogP contribution is -2.53. The van der Waals surface area contributed by atoms with Crippen LogP contribution in [-0.2, 0) is 13.0 Å². The van der Waals surface area contributed by atoms with Crippen molar-refractivity contribution in [2.24, 2.45) is 5.92 Å². The molecule has 0 saturated carbocycles. The molecule has 0 spiro atoms. The first-order valence-electron chi connectivity index (χ1n) is 7.85. The van der Waals surface area contributed by atoms with Crippen molar-refractivity contribution >= 4 is 25.2 Å². The van der Waals surface area contributed by atoms with E-state index >= 15 is 0 Å². The van der Waals surface area contributed by atoms with Crippen LogP contribution >= 0.6 is 0 Å². The van der Waals surface area contributed by atoms with Gasteiger partial charge in [0.15, 0.2) is 16.6 Å². The van der Waals surface area contributed by atoms with Crippen LogP contribution in [0, 0.1) is 5.92 Å². The van der Waals surface area contributed by atoms with Crippen LogP contribution in [0.25, 0.3) is 0 Å². The highest BCUT2D eigenvalue weighted by Gasteiger charge is 2.41. The monoisotopic (exact) mass is 348 g/mol. The summed E-state index contributed by atoms with van der Waals surface area (Å²) in [6.45, 7) is 25.2. The van der Waals surface area contributed by atoms with Gasteiger partial charge >= 0.3 is 8.56 Å². The van der Waals surface area contributed by atoms with E-state index in [9.17, 15) is 0 Å². The molecule has 0 bridgehead atoms. The van der Waals surface area contributed by atoms with Gasteiger partial charge in [-0.2, -0.15) is 0 Å². The quantitative estimate of drug-likeness (QED) is 0.411. The first-order valence-corrected chi connectivity index (χ1v) is 17.2. The third-order valence-corrected chi connectivity index (χ3v) is 12.3. The fourth-order valence-electron chi connectivity index (χ4n) is 2.53. The molecule has 0 fully saturated rings. The molecule has 0 aromatic carbocycles. The summed E-state index contributed by atoms with van der Waals surface area (Å²) in [5.41, 5.74) is 1.07. The minimum Gasteiger partial charge on any atom is -0.437 e. The molecular weight excluding hydrogens is 312 g/mol. The Morgan fingerprint density at radius 3 is 1.71 bits per heavy atom. The third kappa shape index (κ3) is 12.5. The van der Waals surface area contributed by atoms with E-state index < -0.39 is 25.2 Å². The van der Waals surface area contributed by atoms with Crippen LogP contribution in [0.2, 0.25) is 51.9 Å². The number of ether oxygens (including phenoxy) is 1. The zero-order valence-electron chi connectivity index (χ0n) is 15.6. The van der Waals surface area contributed by atoms with Crippen molar-refractivity contribution in [3.05, 3.63) is 12.2 Å². The second kappa shape index (κ2) is 8.22. The second-order valence-corrected chi connectivity index (χ2v) is 21.1. The van der Waals surface area contributed by atoms with Crippen LogP contribution in [-0.4, -0.2) is 38.4 Å². The van der Waals surface area contributed by atoms with Crippen LogP contribution in [0.1, 0.15) is 13.8 Å². The van der Waals surface area contributed by atoms with Gasteiger partial charge in [-0.1, -0.05) is 19.1 Å². The molecule has 6 heteroatoms. The number of rotatable bonds is 10. The van der Waals surface area contributed by atoms with Crippen molar-refractivity contribution in [1.82, 2.24) is 0 Å². The summed E-state index contributed by atoms with van der Waals surface area (Å²) < 4.78 is 18.7. The molecule has 0 amide bonds. The first kappa shape index (κ1) is 21.3. The Morgan fingerprint density at radius 2 is 1.38 bits per heavy atom. The third-order valence-electron chi connectivity index (χ3n) is 2.51. The van der Waals surface area contributed by atoms with Crippen LogP contribution in [0.4, 0.5) is 0 Å². The van der Waals surface area contributed by atoms with Crippen molar-refractivity contribution in [2.75, 3.05) is 13.2 Å². The van der Waals surface area contributed by atoms with E-state index in [1.54, 1.807) is 0 Å². The molecule has 0 aliphatic heterocycles. The lowest BCUT2D eigenvalue weighted by atomic mass is 10.2. The molecular formula is C15H36O3Si3. The Labute approximate surface area is 135 Å². The molecule has 0 N–H and O–H groups in total. The van der Waals surface area contributed by atoms with E-state index in [0.717, 1.165) is 18.2 Å². The van der Waals surface area contributed by atoms with Gasteiger partial charge in [-0.25, -0.2) is 0 Å². The highest BCUT2D eigenvalue weighted by Crippen LogP contribution is 2.27. The van der Waals surface area contributed by atoms with Crippen LogP contribution in [0.3, 0.4) is 0 Å². The average Bonchev–Trinajstić information content (AvgIpc) is 2.08. The molecule has 0 heterocycles. The largest absolute Gasteiger partial charge is 0.437 e. The molecule has 0 aromatic rings. The summed E-state index contributed by atoms with van der Waals surface area (Å²) in [6.07, 6.45) is 0. The summed E-state index contributed by atoms with van der Waals surface area (Å²) >= 11 is 0. The molecule has 21 heavy (non-hydrogen) atoms. The molecule has 0 rings (SSSR count). The predicted octanol–water partition coefficient (Wildman–Crippen LogP) is 4.99. The highest BCUT2D eigenvalue weighted by atomic mass is 28.5. The maximum Gasteiger partial charge on any atom is 0.314 e. The minimum absolute atomic E-state index is 0.453. The van der Waals surface area contributed by atoms with Crippen molar-refractivity contribution in [3.63, 3.8) is 0 Å². The first-order chi connectivity index (χ1) is 9.22. The molecule has 0 aliphatic carbocycles. The average molecular weight is 349 g/mol. The minimum atomic E-state index is -2.14. The van der Waals surface area contributed by atoms with Gasteiger partial charge < -0.3 is 13.0 Å². The molecule has 1 atom stereocenters. The predicted molar refractivity (Wildman–Crippen MR) is 100 cm³/mol. The maximum absolute atomic E-state index is 6.52. The second-order valence-electron chi connectivity index (χ2n) is 8.34. The van der Waals surface area contributed by atoms with E-state index in [0.29, 0.717) is 12.5 Å². The van der Waals surface area contributed by atoms with E-state index in [-0.39, 0.29) is 0 Å². The van der Waals surface area contributed by atoms with E-state index in [1.165, 1.54) is 0 Å². The Morgan fingerprint density at radius 1 is 0.952 bits per heavy atom. The molecule has 0 radical (unpaired) electrons. The summed E-state index contributed by atoms with van der Waals surface area (Å²) in [5, 5.41) is 0. The number of hydrogen-bond acceptors (Lipinski definition) is 3. The SMILES string of the molecule is C=C(C)COCC(C)C[Si](C)(O[Si](C)(C)C)O[Si](C)(C)C. The van der Waals surface area contributed by atoms with Gasteiger partial charge in [0.1, 0.15) is 0 Å². The van der Waals surface area contributed by atoms with Gasteiger partial charge in [0.05, 0.1) is 6.61 Å². The van der Waals surface area contributed by atoms with Crippen molar-refractivity contribution in [1.29, 1.82) is 0 Å². The van der Waals surface area contributed by atoms with Gasteiger partial charge in [0, 0.05) is 6.61 Å². The smallest absolute Gasteiger partial charge is 0.314 e. The zero-order valence-corrected chi connectivity index (χ0v) is 18.6. The summed E-state index contributed by atoms with van der Waals surface area (Å²) in [6, 6.07) is 0.998. The van der Waals surface area contributed by atoms with Crippen LogP contribution in [0.15, 0.2) is 12.2 Å². The normalized spacial score (nSPS) is 15.1. The topological polar surface area (TPSA) is 27.7 Å². The van der Waals surface area contributed by atoms with Crippen LogP contribution < -0.4 is 0 Å². The summed E-state index contributed by atoms with van der Waals surface area (Å²) in [4.78, 5) is 0. The van der Waals surface area contributed by atoms with E-state index in [1.807, 2.05) is 6.92 Å². The standard InChI is InChI=1S/C15H36O3Si3/c1-14(2)11-16-12-15(3)13-21(10,17-19(4,5)6)18-20(7,8)9/h15H,1,11-13H2,2-10H3. The van der Waals surface area contributed by atoms with Gasteiger partial charge in [0.25, 0.3) is 0 Å². The van der Waals surface area contributed by atoms with Gasteiger partial charge in [-0.05, 0) is 64.7 Å². The molecule has 0 aromatic heterocycles. The van der Waals surface area contributed by atoms with E-state index in [4.69, 9.17) is 13.0 Å².